The van der Waals surface area contributed by atoms with Crippen LogP contribution < -0.4 is 24.3 Å². The highest BCUT2D eigenvalue weighted by Crippen LogP contribution is 2.43. The summed E-state index contributed by atoms with van der Waals surface area (Å²) in [5, 5.41) is 8.18. The maximum absolute atomic E-state index is 13.1. The molecule has 0 amide bonds. The summed E-state index contributed by atoms with van der Waals surface area (Å²) in [4.78, 5) is 17.9. The van der Waals surface area contributed by atoms with Crippen LogP contribution in [0.25, 0.3) is 11.4 Å². The van der Waals surface area contributed by atoms with Gasteiger partial charge in [-0.1, -0.05) is 6.07 Å². The summed E-state index contributed by atoms with van der Waals surface area (Å²) in [5.41, 5.74) is 3.22. The Labute approximate surface area is 197 Å². The number of rotatable bonds is 6. The number of methoxy groups -OCH3 is 4. The lowest BCUT2D eigenvalue weighted by Gasteiger charge is -2.32. The van der Waals surface area contributed by atoms with Crippen molar-refractivity contribution in [2.45, 2.75) is 25.3 Å². The lowest BCUT2D eigenvalue weighted by Crippen LogP contribution is -2.31. The van der Waals surface area contributed by atoms with Gasteiger partial charge in [-0.25, -0.2) is 4.68 Å². The van der Waals surface area contributed by atoms with Crippen molar-refractivity contribution >= 4 is 11.7 Å². The average Bonchev–Trinajstić information content (AvgIpc) is 3.30. The SMILES string of the molecule is COc1cc(OC)cc(-c2nc3n(n2)[C@H](c2ccc(OC)c(OC)c2)C2=C(CCCC2=O)N3)c1. The lowest BCUT2D eigenvalue weighted by atomic mass is 9.85. The molecular formula is C25H26N4O5. The standard InChI is InChI=1S/C25H26N4O5/c1-31-16-10-15(11-17(13-16)32-2)24-27-25-26-18-6-5-7-19(30)22(18)23(29(25)28-24)14-8-9-20(33-3)21(12-14)34-4/h8-13,23H,5-7H2,1-4H3,(H,26,27,28)/t23-/m1/s1. The van der Waals surface area contributed by atoms with Crippen molar-refractivity contribution in [1.29, 1.82) is 0 Å². The van der Waals surface area contributed by atoms with Crippen molar-refractivity contribution in [2.75, 3.05) is 33.8 Å². The summed E-state index contributed by atoms with van der Waals surface area (Å²) >= 11 is 0. The summed E-state index contributed by atoms with van der Waals surface area (Å²) in [7, 11) is 6.39. The number of nitrogens with one attached hydrogen (secondary N) is 1. The van der Waals surface area contributed by atoms with Crippen LogP contribution in [0.15, 0.2) is 47.7 Å². The van der Waals surface area contributed by atoms with Gasteiger partial charge >= 0.3 is 0 Å². The number of ketones is 1. The van der Waals surface area contributed by atoms with Crippen LogP contribution in [0.5, 0.6) is 23.0 Å². The number of nitrogens with zero attached hydrogens (tertiary/aromatic N) is 3. The Kier molecular flexibility index (Phi) is 5.61. The Morgan fingerprint density at radius 3 is 2.32 bits per heavy atom. The number of carbonyl (C=O) groups excluding carboxylic acids is 1. The highest BCUT2D eigenvalue weighted by Gasteiger charge is 2.37. The van der Waals surface area contributed by atoms with Crippen LogP contribution >= 0.6 is 0 Å². The van der Waals surface area contributed by atoms with E-state index in [1.54, 1.807) is 39.2 Å². The predicted molar refractivity (Wildman–Crippen MR) is 126 cm³/mol. The van der Waals surface area contributed by atoms with Crippen LogP contribution in [0.2, 0.25) is 0 Å². The van der Waals surface area contributed by atoms with Crippen molar-refractivity contribution in [3.63, 3.8) is 0 Å². The van der Waals surface area contributed by atoms with Crippen LogP contribution in [0.4, 0.5) is 5.95 Å². The van der Waals surface area contributed by atoms with Crippen molar-refractivity contribution in [3.05, 3.63) is 53.2 Å². The van der Waals surface area contributed by atoms with Gasteiger partial charge in [-0.05, 0) is 42.7 Å². The zero-order valence-corrected chi connectivity index (χ0v) is 19.5. The van der Waals surface area contributed by atoms with Gasteiger partial charge in [0, 0.05) is 29.3 Å². The van der Waals surface area contributed by atoms with Crippen LogP contribution in [-0.4, -0.2) is 49.0 Å². The Morgan fingerprint density at radius 1 is 0.912 bits per heavy atom. The fraction of sp³-hybridized carbons (Fsp3) is 0.320. The van der Waals surface area contributed by atoms with E-state index in [1.165, 1.54) is 0 Å². The molecule has 34 heavy (non-hydrogen) atoms. The average molecular weight is 463 g/mol. The van der Waals surface area contributed by atoms with Gasteiger partial charge in [0.1, 0.15) is 17.5 Å². The summed E-state index contributed by atoms with van der Waals surface area (Å²) in [5.74, 6) is 3.66. The quantitative estimate of drug-likeness (QED) is 0.587. The summed E-state index contributed by atoms with van der Waals surface area (Å²) < 4.78 is 23.5. The van der Waals surface area contributed by atoms with Crippen molar-refractivity contribution in [1.82, 2.24) is 14.8 Å². The number of carbonyl (C=O) groups is 1. The third kappa shape index (κ3) is 3.63. The highest BCUT2D eigenvalue weighted by molar-refractivity contribution is 5.99. The summed E-state index contributed by atoms with van der Waals surface area (Å²) in [6.45, 7) is 0. The van der Waals surface area contributed by atoms with Gasteiger partial charge in [0.15, 0.2) is 23.1 Å². The molecule has 0 spiro atoms. The van der Waals surface area contributed by atoms with Crippen molar-refractivity contribution in [3.8, 4) is 34.4 Å². The maximum atomic E-state index is 13.1. The van der Waals surface area contributed by atoms with E-state index in [1.807, 2.05) is 30.3 Å². The Hall–Kier alpha value is -4.01. The minimum Gasteiger partial charge on any atom is -0.497 e. The van der Waals surface area contributed by atoms with E-state index in [0.29, 0.717) is 46.8 Å². The van der Waals surface area contributed by atoms with E-state index in [0.717, 1.165) is 29.7 Å². The minimum atomic E-state index is -0.437. The largest absolute Gasteiger partial charge is 0.497 e. The molecular weight excluding hydrogens is 436 g/mol. The summed E-state index contributed by atoms with van der Waals surface area (Å²) in [6, 6.07) is 10.7. The molecule has 2 aliphatic rings. The Balaban J connectivity index is 1.67. The number of aromatic nitrogens is 3. The molecule has 1 aromatic heterocycles. The molecule has 9 nitrogen and oxygen atoms in total. The van der Waals surface area contributed by atoms with E-state index < -0.39 is 6.04 Å². The van der Waals surface area contributed by atoms with Gasteiger partial charge in [-0.3, -0.25) is 4.79 Å². The predicted octanol–water partition coefficient (Wildman–Crippen LogP) is 4.00. The molecule has 1 atom stereocenters. The van der Waals surface area contributed by atoms with Gasteiger partial charge in [0.05, 0.1) is 28.4 Å². The normalized spacial score (nSPS) is 16.9. The van der Waals surface area contributed by atoms with E-state index in [-0.39, 0.29) is 5.78 Å². The molecule has 5 rings (SSSR count). The zero-order chi connectivity index (χ0) is 23.8. The molecule has 1 N–H and O–H groups in total. The molecule has 0 fully saturated rings. The van der Waals surface area contributed by atoms with E-state index in [9.17, 15) is 4.79 Å². The van der Waals surface area contributed by atoms with Gasteiger partial charge < -0.3 is 24.3 Å². The number of ether oxygens (including phenoxy) is 4. The molecule has 176 valence electrons. The number of allylic oxidation sites excluding steroid dienone is 2. The van der Waals surface area contributed by atoms with Gasteiger partial charge in [-0.2, -0.15) is 4.98 Å². The van der Waals surface area contributed by atoms with Crippen LogP contribution in [0.1, 0.15) is 30.9 Å². The fourth-order valence-corrected chi connectivity index (χ4v) is 4.55. The number of hydrogen-bond donors (Lipinski definition) is 1. The molecule has 0 saturated carbocycles. The number of hydrogen-bond acceptors (Lipinski definition) is 8. The smallest absolute Gasteiger partial charge is 0.226 e. The first kappa shape index (κ1) is 21.8. The molecule has 3 aromatic rings. The zero-order valence-electron chi connectivity index (χ0n) is 19.5. The second kappa shape index (κ2) is 8.74. The van der Waals surface area contributed by atoms with Crippen molar-refractivity contribution < 1.29 is 23.7 Å². The van der Waals surface area contributed by atoms with Crippen LogP contribution in [-0.2, 0) is 4.79 Å². The molecule has 9 heteroatoms. The topological polar surface area (TPSA) is 96.7 Å². The molecule has 2 aromatic carbocycles. The fourth-order valence-electron chi connectivity index (χ4n) is 4.55. The van der Waals surface area contributed by atoms with Gasteiger partial charge in [0.25, 0.3) is 0 Å². The minimum absolute atomic E-state index is 0.110. The van der Waals surface area contributed by atoms with Crippen LogP contribution in [0, 0.1) is 0 Å². The molecule has 0 radical (unpaired) electrons. The van der Waals surface area contributed by atoms with E-state index in [4.69, 9.17) is 29.0 Å². The number of benzene rings is 2. The van der Waals surface area contributed by atoms with Gasteiger partial charge in [0.2, 0.25) is 5.95 Å². The maximum Gasteiger partial charge on any atom is 0.226 e. The van der Waals surface area contributed by atoms with Crippen molar-refractivity contribution in [2.24, 2.45) is 0 Å². The molecule has 0 saturated heterocycles. The number of Topliss-reactive ketones (excluding diaryl/α,β-unsaturated/α-hetero) is 1. The highest BCUT2D eigenvalue weighted by atomic mass is 16.5. The summed E-state index contributed by atoms with van der Waals surface area (Å²) in [6.07, 6.45) is 2.09. The monoisotopic (exact) mass is 462 g/mol. The molecule has 1 aliphatic carbocycles. The van der Waals surface area contributed by atoms with E-state index in [2.05, 4.69) is 5.32 Å². The second-order valence-electron chi connectivity index (χ2n) is 8.12. The van der Waals surface area contributed by atoms with E-state index >= 15 is 0 Å². The lowest BCUT2D eigenvalue weighted by molar-refractivity contribution is -0.116. The van der Waals surface area contributed by atoms with Gasteiger partial charge in [-0.15, -0.1) is 5.10 Å². The third-order valence-corrected chi connectivity index (χ3v) is 6.20. The molecule has 0 bridgehead atoms. The Bertz CT molecular complexity index is 1270. The number of anilines is 1. The first-order valence-corrected chi connectivity index (χ1v) is 11.0. The first-order chi connectivity index (χ1) is 16.6. The molecule has 1 aliphatic heterocycles. The number of fused-ring (bicyclic) bond motifs is 1. The second-order valence-corrected chi connectivity index (χ2v) is 8.12. The molecule has 0 unspecified atom stereocenters. The Morgan fingerprint density at radius 2 is 1.65 bits per heavy atom. The molecule has 2 heterocycles. The third-order valence-electron chi connectivity index (χ3n) is 6.20. The van der Waals surface area contributed by atoms with Crippen LogP contribution in [0.3, 0.4) is 0 Å². The first-order valence-electron chi connectivity index (χ1n) is 11.0.